The molecule has 10 aromatic rings. The number of hydrogen-bond donors (Lipinski definition) is 0. The third-order valence-corrected chi connectivity index (χ3v) is 10.0. The predicted molar refractivity (Wildman–Crippen MR) is 212 cm³/mol. The number of anilines is 3. The quantitative estimate of drug-likeness (QED) is 0.187. The van der Waals surface area contributed by atoms with Crippen LogP contribution in [0.1, 0.15) is 0 Å². The van der Waals surface area contributed by atoms with Gasteiger partial charge >= 0.3 is 0 Å². The Hall–Kier alpha value is -6.64. The predicted octanol–water partition coefficient (Wildman–Crippen LogP) is 13.8. The molecule has 9 aromatic carbocycles. The van der Waals surface area contributed by atoms with E-state index in [0.29, 0.717) is 0 Å². The molecule has 0 spiro atoms. The zero-order valence-corrected chi connectivity index (χ0v) is 27.3. The monoisotopic (exact) mass is 637 g/mol. The molecule has 0 fully saturated rings. The highest BCUT2D eigenvalue weighted by Gasteiger charge is 2.17. The summed E-state index contributed by atoms with van der Waals surface area (Å²) < 4.78 is 6.53. The summed E-state index contributed by atoms with van der Waals surface area (Å²) in [7, 11) is 0. The van der Waals surface area contributed by atoms with Crippen molar-refractivity contribution in [2.24, 2.45) is 0 Å². The van der Waals surface area contributed by atoms with Crippen LogP contribution in [0.25, 0.3) is 76.5 Å². The molecule has 1 aromatic heterocycles. The van der Waals surface area contributed by atoms with Gasteiger partial charge in [-0.05, 0) is 103 Å². The van der Waals surface area contributed by atoms with E-state index in [2.05, 4.69) is 193 Å². The summed E-state index contributed by atoms with van der Waals surface area (Å²) >= 11 is 0. The van der Waals surface area contributed by atoms with Gasteiger partial charge in [-0.15, -0.1) is 0 Å². The van der Waals surface area contributed by atoms with Gasteiger partial charge in [0.25, 0.3) is 0 Å². The molecule has 0 aliphatic carbocycles. The maximum atomic E-state index is 6.53. The maximum absolute atomic E-state index is 6.53. The first kappa shape index (κ1) is 28.4. The molecule has 0 amide bonds. The van der Waals surface area contributed by atoms with E-state index in [1.165, 1.54) is 54.6 Å². The largest absolute Gasteiger partial charge is 0.456 e. The van der Waals surface area contributed by atoms with Gasteiger partial charge in [0.2, 0.25) is 0 Å². The van der Waals surface area contributed by atoms with Gasteiger partial charge in [0, 0.05) is 33.9 Å². The van der Waals surface area contributed by atoms with Crippen LogP contribution in [0.5, 0.6) is 0 Å². The minimum absolute atomic E-state index is 0.873. The van der Waals surface area contributed by atoms with Crippen molar-refractivity contribution in [1.29, 1.82) is 0 Å². The summed E-state index contributed by atoms with van der Waals surface area (Å²) in [5.41, 5.74) is 9.82. The van der Waals surface area contributed by atoms with Crippen molar-refractivity contribution >= 4 is 71.3 Å². The van der Waals surface area contributed by atoms with Crippen LogP contribution in [-0.4, -0.2) is 0 Å². The fraction of sp³-hybridized carbons (Fsp3) is 0. The topological polar surface area (TPSA) is 16.4 Å². The standard InChI is InChI=1S/C48H31NO/c1-2-12-37-30-47-46(29-36(37)11-1)45-28-27-40(31-48(45)50-47)49(38-23-19-34(20-24-38)43-17-7-13-32-9-3-5-15-41(32)43)39-25-21-35(22-26-39)44-18-8-14-33-10-4-6-16-42(33)44/h1-31H. The molecule has 1 heterocycles. The summed E-state index contributed by atoms with van der Waals surface area (Å²) in [4.78, 5) is 2.32. The molecule has 2 heteroatoms. The number of rotatable bonds is 5. The molecule has 10 rings (SSSR count). The lowest BCUT2D eigenvalue weighted by Gasteiger charge is -2.26. The number of furan rings is 1. The average Bonchev–Trinajstić information content (AvgIpc) is 3.54. The van der Waals surface area contributed by atoms with E-state index in [1.54, 1.807) is 0 Å². The molecule has 234 valence electrons. The van der Waals surface area contributed by atoms with Crippen LogP contribution in [0.15, 0.2) is 192 Å². The molecule has 0 bridgehead atoms. The molecule has 0 N–H and O–H groups in total. The molecule has 0 aliphatic rings. The molecule has 50 heavy (non-hydrogen) atoms. The van der Waals surface area contributed by atoms with Crippen molar-refractivity contribution in [3.8, 4) is 22.3 Å². The summed E-state index contributed by atoms with van der Waals surface area (Å²) in [6, 6.07) is 67.5. The second-order valence-electron chi connectivity index (χ2n) is 13.0. The second kappa shape index (κ2) is 11.5. The van der Waals surface area contributed by atoms with E-state index >= 15 is 0 Å². The SMILES string of the molecule is c1ccc2cc3c(cc2c1)oc1cc(N(c2ccc(-c4cccc5ccccc45)cc2)c2ccc(-c4cccc5ccccc45)cc2)ccc13. The average molecular weight is 638 g/mol. The third kappa shape index (κ3) is 4.73. The zero-order valence-electron chi connectivity index (χ0n) is 27.3. The van der Waals surface area contributed by atoms with Crippen molar-refractivity contribution in [3.63, 3.8) is 0 Å². The summed E-state index contributed by atoms with van der Waals surface area (Å²) in [6.45, 7) is 0. The van der Waals surface area contributed by atoms with E-state index < -0.39 is 0 Å². The van der Waals surface area contributed by atoms with Gasteiger partial charge in [-0.2, -0.15) is 0 Å². The van der Waals surface area contributed by atoms with Crippen LogP contribution in [0, 0.1) is 0 Å². The highest BCUT2D eigenvalue weighted by Crippen LogP contribution is 2.41. The summed E-state index contributed by atoms with van der Waals surface area (Å²) in [5, 5.41) is 9.65. The third-order valence-electron chi connectivity index (χ3n) is 10.0. The zero-order chi connectivity index (χ0) is 33.0. The van der Waals surface area contributed by atoms with Crippen molar-refractivity contribution in [2.75, 3.05) is 4.90 Å². The Kier molecular flexibility index (Phi) is 6.53. The number of fused-ring (bicyclic) bond motifs is 6. The van der Waals surface area contributed by atoms with E-state index in [1.807, 2.05) is 0 Å². The van der Waals surface area contributed by atoms with Gasteiger partial charge in [0.15, 0.2) is 0 Å². The molecule has 0 radical (unpaired) electrons. The highest BCUT2D eigenvalue weighted by atomic mass is 16.3. The molecule has 2 nitrogen and oxygen atoms in total. The Balaban J connectivity index is 1.10. The molecule has 0 atom stereocenters. The van der Waals surface area contributed by atoms with Crippen LogP contribution in [-0.2, 0) is 0 Å². The smallest absolute Gasteiger partial charge is 0.137 e. The maximum Gasteiger partial charge on any atom is 0.137 e. The minimum atomic E-state index is 0.873. The van der Waals surface area contributed by atoms with E-state index in [-0.39, 0.29) is 0 Å². The Morgan fingerprint density at radius 3 is 1.34 bits per heavy atom. The van der Waals surface area contributed by atoms with E-state index in [4.69, 9.17) is 4.42 Å². The Morgan fingerprint density at radius 1 is 0.300 bits per heavy atom. The lowest BCUT2D eigenvalue weighted by molar-refractivity contribution is 0.669. The van der Waals surface area contributed by atoms with Crippen LogP contribution < -0.4 is 4.90 Å². The number of benzene rings is 9. The van der Waals surface area contributed by atoms with Crippen LogP contribution in [0.4, 0.5) is 17.1 Å². The first-order valence-corrected chi connectivity index (χ1v) is 17.1. The molecule has 0 saturated heterocycles. The lowest BCUT2D eigenvalue weighted by Crippen LogP contribution is -2.09. The van der Waals surface area contributed by atoms with Crippen LogP contribution in [0.2, 0.25) is 0 Å². The number of hydrogen-bond acceptors (Lipinski definition) is 2. The van der Waals surface area contributed by atoms with Crippen LogP contribution >= 0.6 is 0 Å². The van der Waals surface area contributed by atoms with Gasteiger partial charge in [-0.3, -0.25) is 0 Å². The van der Waals surface area contributed by atoms with Crippen molar-refractivity contribution in [2.45, 2.75) is 0 Å². The van der Waals surface area contributed by atoms with Gasteiger partial charge in [-0.1, -0.05) is 133 Å². The van der Waals surface area contributed by atoms with Gasteiger partial charge in [0.1, 0.15) is 11.2 Å². The van der Waals surface area contributed by atoms with Crippen molar-refractivity contribution < 1.29 is 4.42 Å². The fourth-order valence-corrected chi connectivity index (χ4v) is 7.57. The molecule has 0 aliphatic heterocycles. The fourth-order valence-electron chi connectivity index (χ4n) is 7.57. The summed E-state index contributed by atoms with van der Waals surface area (Å²) in [6.07, 6.45) is 0. The Labute approximate surface area is 290 Å². The van der Waals surface area contributed by atoms with Gasteiger partial charge in [-0.25, -0.2) is 0 Å². The van der Waals surface area contributed by atoms with E-state index in [0.717, 1.165) is 39.0 Å². The minimum Gasteiger partial charge on any atom is -0.456 e. The summed E-state index contributed by atoms with van der Waals surface area (Å²) in [5.74, 6) is 0. The van der Waals surface area contributed by atoms with E-state index in [9.17, 15) is 0 Å². The van der Waals surface area contributed by atoms with Crippen molar-refractivity contribution in [1.82, 2.24) is 0 Å². The Bertz CT molecular complexity index is 2730. The second-order valence-corrected chi connectivity index (χ2v) is 13.0. The van der Waals surface area contributed by atoms with Gasteiger partial charge in [0.05, 0.1) is 0 Å². The highest BCUT2D eigenvalue weighted by molar-refractivity contribution is 6.11. The lowest BCUT2D eigenvalue weighted by atomic mass is 9.97. The van der Waals surface area contributed by atoms with Crippen molar-refractivity contribution in [3.05, 3.63) is 188 Å². The molecular weight excluding hydrogens is 607 g/mol. The molecule has 0 unspecified atom stereocenters. The Morgan fingerprint density at radius 2 is 0.760 bits per heavy atom. The molecule has 0 saturated carbocycles. The molecular formula is C48H31NO. The first-order chi connectivity index (χ1) is 24.8. The number of nitrogens with zero attached hydrogens (tertiary/aromatic N) is 1. The van der Waals surface area contributed by atoms with Gasteiger partial charge < -0.3 is 9.32 Å². The normalized spacial score (nSPS) is 11.6. The van der Waals surface area contributed by atoms with Crippen LogP contribution in [0.3, 0.4) is 0 Å². The first-order valence-electron chi connectivity index (χ1n) is 17.1.